The zero-order valence-electron chi connectivity index (χ0n) is 16.0. The van der Waals surface area contributed by atoms with Crippen molar-refractivity contribution in [1.82, 2.24) is 10.2 Å². The quantitative estimate of drug-likeness (QED) is 0.661. The molecule has 148 valence electrons. The van der Waals surface area contributed by atoms with Gasteiger partial charge in [0.05, 0.1) is 12.5 Å². The third-order valence-corrected chi connectivity index (χ3v) is 4.35. The number of nitrogens with one attached hydrogen (secondary N) is 1. The minimum absolute atomic E-state index is 0.00633. The Kier molecular flexibility index (Phi) is 8.21. The lowest BCUT2D eigenvalue weighted by Gasteiger charge is -2.26. The van der Waals surface area contributed by atoms with Crippen molar-refractivity contribution in [2.45, 2.75) is 38.8 Å². The molecule has 2 N–H and O–H groups in total. The molecule has 1 atom stereocenters. The summed E-state index contributed by atoms with van der Waals surface area (Å²) in [5, 5.41) is 11.7. The monoisotopic (exact) mass is 382 g/mol. The maximum atomic E-state index is 13.0. The van der Waals surface area contributed by atoms with Crippen molar-refractivity contribution in [2.24, 2.45) is 0 Å². The Bertz CT molecular complexity index is 778. The Morgan fingerprint density at radius 1 is 1.00 bits per heavy atom. The van der Waals surface area contributed by atoms with Crippen LogP contribution < -0.4 is 5.32 Å². The average Bonchev–Trinajstić information content (AvgIpc) is 2.67. The summed E-state index contributed by atoms with van der Waals surface area (Å²) < 4.78 is 0. The highest BCUT2D eigenvalue weighted by molar-refractivity contribution is 5.79. The fourth-order valence-corrected chi connectivity index (χ4v) is 3.00. The van der Waals surface area contributed by atoms with E-state index in [-0.39, 0.29) is 24.7 Å². The smallest absolute Gasteiger partial charge is 0.303 e. The standard InChI is InChI=1S/C22H26N2O4/c1-17(25)23-20(19-11-6-3-7-12-19)15-21(26)24(14-8-13-22(27)28)16-18-9-4-2-5-10-18/h2-7,9-12,20H,8,13-16H2,1H3,(H,23,25)(H,27,28). The summed E-state index contributed by atoms with van der Waals surface area (Å²) in [5.74, 6) is -1.22. The molecule has 0 heterocycles. The van der Waals surface area contributed by atoms with Crippen LogP contribution in [0, 0.1) is 0 Å². The molecule has 0 aliphatic heterocycles. The number of nitrogens with zero attached hydrogens (tertiary/aromatic N) is 1. The number of aliphatic carboxylic acids is 1. The van der Waals surface area contributed by atoms with Crippen LogP contribution in [0.15, 0.2) is 60.7 Å². The van der Waals surface area contributed by atoms with Gasteiger partial charge in [0, 0.05) is 26.4 Å². The fraction of sp³-hybridized carbons (Fsp3) is 0.318. The van der Waals surface area contributed by atoms with Gasteiger partial charge in [-0.2, -0.15) is 0 Å². The van der Waals surface area contributed by atoms with Gasteiger partial charge in [-0.25, -0.2) is 0 Å². The van der Waals surface area contributed by atoms with Crippen LogP contribution in [-0.4, -0.2) is 34.3 Å². The topological polar surface area (TPSA) is 86.7 Å². The van der Waals surface area contributed by atoms with Gasteiger partial charge >= 0.3 is 5.97 Å². The Morgan fingerprint density at radius 2 is 1.61 bits per heavy atom. The highest BCUT2D eigenvalue weighted by Gasteiger charge is 2.21. The van der Waals surface area contributed by atoms with Crippen LogP contribution in [0.1, 0.15) is 43.4 Å². The maximum Gasteiger partial charge on any atom is 0.303 e. The molecule has 2 amide bonds. The summed E-state index contributed by atoms with van der Waals surface area (Å²) in [5.41, 5.74) is 1.83. The van der Waals surface area contributed by atoms with Gasteiger partial charge in [-0.1, -0.05) is 60.7 Å². The first kappa shape index (κ1) is 21.2. The summed E-state index contributed by atoms with van der Waals surface area (Å²) in [6.07, 6.45) is 0.500. The number of carboxylic acid groups (broad SMARTS) is 1. The molecule has 28 heavy (non-hydrogen) atoms. The van der Waals surface area contributed by atoms with Gasteiger partial charge in [-0.3, -0.25) is 14.4 Å². The Hall–Kier alpha value is -3.15. The normalized spacial score (nSPS) is 11.5. The van der Waals surface area contributed by atoms with Crippen molar-refractivity contribution in [2.75, 3.05) is 6.54 Å². The molecular formula is C22H26N2O4. The molecular weight excluding hydrogens is 356 g/mol. The van der Waals surface area contributed by atoms with Gasteiger partial charge in [0.1, 0.15) is 0 Å². The van der Waals surface area contributed by atoms with Crippen LogP contribution >= 0.6 is 0 Å². The lowest BCUT2D eigenvalue weighted by molar-refractivity contribution is -0.138. The van der Waals surface area contributed by atoms with Crippen molar-refractivity contribution in [3.8, 4) is 0 Å². The number of hydrogen-bond donors (Lipinski definition) is 2. The number of amides is 2. The summed E-state index contributed by atoms with van der Waals surface area (Å²) in [4.78, 5) is 37.1. The molecule has 6 nitrogen and oxygen atoms in total. The van der Waals surface area contributed by atoms with E-state index in [9.17, 15) is 14.4 Å². The van der Waals surface area contributed by atoms with Crippen LogP contribution in [0.2, 0.25) is 0 Å². The highest BCUT2D eigenvalue weighted by Crippen LogP contribution is 2.19. The van der Waals surface area contributed by atoms with Gasteiger partial charge in [-0.05, 0) is 17.5 Å². The molecule has 1 unspecified atom stereocenters. The summed E-state index contributed by atoms with van der Waals surface area (Å²) >= 11 is 0. The second kappa shape index (κ2) is 10.9. The number of rotatable bonds is 10. The zero-order chi connectivity index (χ0) is 20.4. The van der Waals surface area contributed by atoms with Crippen molar-refractivity contribution < 1.29 is 19.5 Å². The molecule has 0 saturated heterocycles. The van der Waals surface area contributed by atoms with Gasteiger partial charge in [-0.15, -0.1) is 0 Å². The predicted molar refractivity (Wildman–Crippen MR) is 106 cm³/mol. The van der Waals surface area contributed by atoms with Crippen LogP contribution in [0.4, 0.5) is 0 Å². The van der Waals surface area contributed by atoms with Crippen molar-refractivity contribution >= 4 is 17.8 Å². The number of carbonyl (C=O) groups is 3. The van der Waals surface area contributed by atoms with Crippen LogP contribution in [0.3, 0.4) is 0 Å². The summed E-state index contributed by atoms with van der Waals surface area (Å²) in [7, 11) is 0. The maximum absolute atomic E-state index is 13.0. The lowest BCUT2D eigenvalue weighted by atomic mass is 10.0. The van der Waals surface area contributed by atoms with E-state index >= 15 is 0 Å². The fourth-order valence-electron chi connectivity index (χ4n) is 3.00. The number of carbonyl (C=O) groups excluding carboxylic acids is 2. The molecule has 0 aliphatic carbocycles. The first-order valence-electron chi connectivity index (χ1n) is 9.31. The van der Waals surface area contributed by atoms with Gasteiger partial charge in [0.2, 0.25) is 11.8 Å². The molecule has 0 aliphatic rings. The SMILES string of the molecule is CC(=O)NC(CC(=O)N(CCCC(=O)O)Cc1ccccc1)c1ccccc1. The molecule has 2 rings (SSSR count). The number of hydrogen-bond acceptors (Lipinski definition) is 3. The molecule has 0 fully saturated rings. The van der Waals surface area contributed by atoms with Crippen LogP contribution in [-0.2, 0) is 20.9 Å². The summed E-state index contributed by atoms with van der Waals surface area (Å²) in [6.45, 7) is 2.18. The summed E-state index contributed by atoms with van der Waals surface area (Å²) in [6, 6.07) is 18.5. The van der Waals surface area contributed by atoms with E-state index in [4.69, 9.17) is 5.11 Å². The average molecular weight is 382 g/mol. The van der Waals surface area contributed by atoms with E-state index < -0.39 is 12.0 Å². The van der Waals surface area contributed by atoms with Gasteiger partial charge < -0.3 is 15.3 Å². The second-order valence-corrected chi connectivity index (χ2v) is 6.67. The van der Waals surface area contributed by atoms with Gasteiger partial charge in [0.15, 0.2) is 0 Å². The molecule has 0 bridgehead atoms. The molecule has 0 aromatic heterocycles. The Balaban J connectivity index is 2.13. The number of benzene rings is 2. The third kappa shape index (κ3) is 7.23. The highest BCUT2D eigenvalue weighted by atomic mass is 16.4. The molecule has 0 saturated carbocycles. The molecule has 2 aromatic carbocycles. The number of carboxylic acids is 1. The van der Waals surface area contributed by atoms with E-state index in [1.165, 1.54) is 6.92 Å². The molecule has 2 aromatic rings. The molecule has 0 spiro atoms. The van der Waals surface area contributed by atoms with Crippen LogP contribution in [0.5, 0.6) is 0 Å². The largest absolute Gasteiger partial charge is 0.481 e. The van der Waals surface area contributed by atoms with Gasteiger partial charge in [0.25, 0.3) is 0 Å². The zero-order valence-corrected chi connectivity index (χ0v) is 16.0. The molecule has 6 heteroatoms. The van der Waals surface area contributed by atoms with E-state index in [1.54, 1.807) is 4.90 Å². The molecule has 0 radical (unpaired) electrons. The Morgan fingerprint density at radius 3 is 2.18 bits per heavy atom. The van der Waals surface area contributed by atoms with Crippen LogP contribution in [0.25, 0.3) is 0 Å². The Labute approximate surface area is 165 Å². The van der Waals surface area contributed by atoms with E-state index in [2.05, 4.69) is 5.32 Å². The van der Waals surface area contributed by atoms with Crippen molar-refractivity contribution in [3.05, 3.63) is 71.8 Å². The van der Waals surface area contributed by atoms with E-state index in [1.807, 2.05) is 60.7 Å². The van der Waals surface area contributed by atoms with Crippen molar-refractivity contribution in [1.29, 1.82) is 0 Å². The van der Waals surface area contributed by atoms with E-state index in [0.29, 0.717) is 19.5 Å². The van der Waals surface area contributed by atoms with Crippen molar-refractivity contribution in [3.63, 3.8) is 0 Å². The minimum Gasteiger partial charge on any atom is -0.481 e. The predicted octanol–water partition coefficient (Wildman–Crippen LogP) is 3.15. The minimum atomic E-state index is -0.882. The first-order valence-corrected chi connectivity index (χ1v) is 9.31. The first-order chi connectivity index (χ1) is 13.5. The lowest BCUT2D eigenvalue weighted by Crippen LogP contribution is -2.36. The van der Waals surface area contributed by atoms with E-state index in [0.717, 1.165) is 11.1 Å². The second-order valence-electron chi connectivity index (χ2n) is 6.67. The third-order valence-electron chi connectivity index (χ3n) is 4.35.